The Balaban J connectivity index is 1.63. The van der Waals surface area contributed by atoms with Gasteiger partial charge in [-0.25, -0.2) is 4.98 Å². The highest BCUT2D eigenvalue weighted by Gasteiger charge is 2.18. The Morgan fingerprint density at radius 2 is 2.04 bits per heavy atom. The first kappa shape index (κ1) is 16.5. The fourth-order valence-electron chi connectivity index (χ4n) is 2.70. The molecule has 0 atom stereocenters. The van der Waals surface area contributed by atoms with E-state index >= 15 is 0 Å². The number of hydrogen-bond donors (Lipinski definition) is 1. The maximum atomic E-state index is 11.1. The average molecular weight is 340 g/mol. The van der Waals surface area contributed by atoms with Crippen molar-refractivity contribution in [1.82, 2.24) is 4.98 Å². The van der Waals surface area contributed by atoms with Crippen LogP contribution >= 0.6 is 11.6 Å². The lowest BCUT2D eigenvalue weighted by Crippen LogP contribution is -2.70. The number of hydrogen-bond acceptors (Lipinski definition) is 3. The van der Waals surface area contributed by atoms with Crippen molar-refractivity contribution in [3.8, 4) is 11.8 Å². The summed E-state index contributed by atoms with van der Waals surface area (Å²) in [4.78, 5) is 6.50. The highest BCUT2D eigenvalue weighted by molar-refractivity contribution is 6.30. The van der Waals surface area contributed by atoms with E-state index in [9.17, 15) is 5.21 Å². The number of benzene rings is 1. The minimum absolute atomic E-state index is 0.644. The number of nitrogens with zero attached hydrogens (tertiary/aromatic N) is 2. The van der Waals surface area contributed by atoms with Crippen LogP contribution in [0, 0.1) is 17.0 Å². The summed E-state index contributed by atoms with van der Waals surface area (Å²) in [6.07, 6.45) is 5.58. The van der Waals surface area contributed by atoms with Gasteiger partial charge >= 0.3 is 0 Å². The maximum Gasteiger partial charge on any atom is 0.191 e. The minimum atomic E-state index is 0.644. The molecule has 122 valence electrons. The summed E-state index contributed by atoms with van der Waals surface area (Å²) in [7, 11) is 0. The van der Waals surface area contributed by atoms with E-state index in [1.54, 1.807) is 18.3 Å². The van der Waals surface area contributed by atoms with Gasteiger partial charge in [-0.2, -0.15) is 0 Å². The molecule has 2 heterocycles. The highest BCUT2D eigenvalue weighted by atomic mass is 35.5. The number of pyridine rings is 1. The molecular formula is C19H18ClN3O. The van der Waals surface area contributed by atoms with Crippen LogP contribution < -0.4 is 10.4 Å². The molecule has 24 heavy (non-hydrogen) atoms. The van der Waals surface area contributed by atoms with Crippen molar-refractivity contribution in [2.45, 2.75) is 12.8 Å². The van der Waals surface area contributed by atoms with Crippen molar-refractivity contribution >= 4 is 23.1 Å². The van der Waals surface area contributed by atoms with E-state index in [0.717, 1.165) is 42.8 Å². The van der Waals surface area contributed by atoms with Gasteiger partial charge in [-0.15, -0.1) is 0 Å². The first-order chi connectivity index (χ1) is 11.8. The van der Waals surface area contributed by atoms with Crippen molar-refractivity contribution in [3.05, 3.63) is 70.0 Å². The Morgan fingerprint density at radius 1 is 1.21 bits per heavy atom. The molecule has 1 aliphatic heterocycles. The van der Waals surface area contributed by atoms with Crippen LogP contribution in [0.1, 0.15) is 18.4 Å². The summed E-state index contributed by atoms with van der Waals surface area (Å²) in [6.45, 7) is 1.70. The minimum Gasteiger partial charge on any atom is -0.630 e. The van der Waals surface area contributed by atoms with Crippen molar-refractivity contribution in [2.24, 2.45) is 0 Å². The monoisotopic (exact) mass is 339 g/mol. The van der Waals surface area contributed by atoms with Gasteiger partial charge < -0.3 is 15.6 Å². The molecule has 1 fully saturated rings. The number of rotatable bonds is 2. The zero-order valence-electron chi connectivity index (χ0n) is 13.2. The van der Waals surface area contributed by atoms with E-state index in [-0.39, 0.29) is 0 Å². The molecule has 0 amide bonds. The lowest BCUT2D eigenvalue weighted by Gasteiger charge is -2.29. The third-order valence-electron chi connectivity index (χ3n) is 3.97. The van der Waals surface area contributed by atoms with Crippen LogP contribution in [0.5, 0.6) is 0 Å². The lowest BCUT2D eigenvalue weighted by molar-refractivity contribution is -0.496. The molecule has 2 aromatic rings. The van der Waals surface area contributed by atoms with Gasteiger partial charge in [0.15, 0.2) is 11.5 Å². The van der Waals surface area contributed by atoms with E-state index in [1.807, 2.05) is 30.3 Å². The van der Waals surface area contributed by atoms with E-state index in [0.29, 0.717) is 10.7 Å². The van der Waals surface area contributed by atoms with Gasteiger partial charge in [-0.1, -0.05) is 35.1 Å². The largest absolute Gasteiger partial charge is 0.630 e. The zero-order valence-corrected chi connectivity index (χ0v) is 14.0. The third-order valence-corrected chi connectivity index (χ3v) is 4.20. The second-order valence-corrected chi connectivity index (χ2v) is 6.04. The van der Waals surface area contributed by atoms with Crippen LogP contribution in [-0.2, 0) is 0 Å². The van der Waals surface area contributed by atoms with Gasteiger partial charge in [-0.05, 0) is 43.2 Å². The quantitative estimate of drug-likeness (QED) is 0.676. The Morgan fingerprint density at radius 3 is 2.79 bits per heavy atom. The summed E-state index contributed by atoms with van der Waals surface area (Å²) in [5.74, 6) is 7.00. The van der Waals surface area contributed by atoms with Crippen LogP contribution in [0.3, 0.4) is 0 Å². The smallest absolute Gasteiger partial charge is 0.191 e. The number of aromatic nitrogens is 1. The number of quaternary nitrogens is 1. The van der Waals surface area contributed by atoms with Crippen LogP contribution in [0.25, 0.3) is 0 Å². The third kappa shape index (κ3) is 4.15. The van der Waals surface area contributed by atoms with E-state index in [2.05, 4.69) is 21.7 Å². The molecular weight excluding hydrogens is 322 g/mol. The van der Waals surface area contributed by atoms with Gasteiger partial charge in [0.25, 0.3) is 0 Å². The summed E-state index contributed by atoms with van der Waals surface area (Å²) in [6, 6.07) is 11.1. The SMILES string of the molecule is [O-][NH2+]c1cccnc1N1CCC(=CC#Cc2cccc(Cl)c2)CC1. The normalized spacial score (nSPS) is 14.1. The molecule has 0 bridgehead atoms. The number of piperidine rings is 1. The number of allylic oxidation sites excluding steroid dienone is 1. The molecule has 1 aromatic carbocycles. The van der Waals surface area contributed by atoms with E-state index in [4.69, 9.17) is 11.6 Å². The van der Waals surface area contributed by atoms with E-state index < -0.39 is 0 Å². The van der Waals surface area contributed by atoms with Crippen molar-refractivity contribution in [3.63, 3.8) is 0 Å². The summed E-state index contributed by atoms with van der Waals surface area (Å²) < 4.78 is 0. The average Bonchev–Trinajstić information content (AvgIpc) is 2.62. The molecule has 0 aliphatic carbocycles. The second kappa shape index (κ2) is 7.98. The molecule has 5 heteroatoms. The van der Waals surface area contributed by atoms with Gasteiger partial charge in [0.1, 0.15) is 0 Å². The number of halogens is 1. The van der Waals surface area contributed by atoms with Crippen LogP contribution in [0.15, 0.2) is 54.2 Å². The fourth-order valence-corrected chi connectivity index (χ4v) is 2.89. The first-order valence-corrected chi connectivity index (χ1v) is 8.24. The molecule has 1 saturated heterocycles. The van der Waals surface area contributed by atoms with Crippen LogP contribution in [0.4, 0.5) is 11.5 Å². The molecule has 4 nitrogen and oxygen atoms in total. The van der Waals surface area contributed by atoms with Gasteiger partial charge in [0, 0.05) is 35.9 Å². The van der Waals surface area contributed by atoms with Gasteiger partial charge in [-0.3, -0.25) is 0 Å². The highest BCUT2D eigenvalue weighted by Crippen LogP contribution is 2.24. The molecule has 1 aromatic heterocycles. The van der Waals surface area contributed by atoms with Gasteiger partial charge in [0.2, 0.25) is 0 Å². The Labute approximate surface area is 146 Å². The molecule has 0 saturated carbocycles. The van der Waals surface area contributed by atoms with Crippen LogP contribution in [0.2, 0.25) is 5.02 Å². The topological polar surface area (TPSA) is 55.8 Å². The molecule has 0 radical (unpaired) electrons. The summed E-state index contributed by atoms with van der Waals surface area (Å²) >= 11 is 5.95. The first-order valence-electron chi connectivity index (χ1n) is 7.86. The predicted octanol–water partition coefficient (Wildman–Crippen LogP) is 3.01. The van der Waals surface area contributed by atoms with Crippen molar-refractivity contribution in [2.75, 3.05) is 18.0 Å². The number of nitrogens with two attached hydrogens (primary N) is 1. The zero-order chi connectivity index (χ0) is 16.8. The molecule has 1 aliphatic rings. The van der Waals surface area contributed by atoms with Crippen LogP contribution in [-0.4, -0.2) is 18.1 Å². The number of anilines is 1. The second-order valence-electron chi connectivity index (χ2n) is 5.60. The fraction of sp³-hybridized carbons (Fsp3) is 0.211. The molecule has 0 spiro atoms. The standard InChI is InChI=1S/C19H18ClN3O/c20-17-7-2-6-16(14-17)5-1-4-15-9-12-23(13-10-15)19-18(22-24)8-3-11-21-19/h2-4,6-8,11,14H,9-10,12-13,22H2. The summed E-state index contributed by atoms with van der Waals surface area (Å²) in [5.41, 5.74) is 3.75. The van der Waals surface area contributed by atoms with Crippen molar-refractivity contribution < 1.29 is 5.48 Å². The Kier molecular flexibility index (Phi) is 5.50. The Bertz CT molecular complexity index is 797. The lowest BCUT2D eigenvalue weighted by atomic mass is 10.0. The maximum absolute atomic E-state index is 11.1. The van der Waals surface area contributed by atoms with Crippen molar-refractivity contribution in [1.29, 1.82) is 0 Å². The molecule has 0 unspecified atom stereocenters. The molecule has 2 N–H and O–H groups in total. The summed E-state index contributed by atoms with van der Waals surface area (Å²) in [5, 5.41) is 11.8. The predicted molar refractivity (Wildman–Crippen MR) is 97.0 cm³/mol. The Hall–Kier alpha value is -2.32. The van der Waals surface area contributed by atoms with Gasteiger partial charge in [0.05, 0.1) is 0 Å². The molecule has 3 rings (SSSR count). The van der Waals surface area contributed by atoms with E-state index in [1.165, 1.54) is 5.57 Å².